The summed E-state index contributed by atoms with van der Waals surface area (Å²) in [5.41, 5.74) is 1.18. The molecule has 2 amide bonds. The van der Waals surface area contributed by atoms with Gasteiger partial charge in [0.15, 0.2) is 0 Å². The number of aliphatic hydroxyl groups excluding tert-OH is 1. The lowest BCUT2D eigenvalue weighted by molar-refractivity contribution is -0.145. The maximum Gasteiger partial charge on any atom is 0.326 e. The third-order valence-corrected chi connectivity index (χ3v) is 6.40. The van der Waals surface area contributed by atoms with Crippen LogP contribution in [0.15, 0.2) is 12.1 Å². The molecule has 0 bridgehead atoms. The molecular formula is C26H39N3O13. The van der Waals surface area contributed by atoms with Crippen molar-refractivity contribution in [3.63, 3.8) is 0 Å². The van der Waals surface area contributed by atoms with E-state index in [2.05, 4.69) is 5.32 Å². The highest BCUT2D eigenvalue weighted by Gasteiger charge is 2.33. The molecule has 1 aromatic rings. The van der Waals surface area contributed by atoms with Gasteiger partial charge in [0.25, 0.3) is 0 Å². The second kappa shape index (κ2) is 18.1. The Labute approximate surface area is 242 Å². The van der Waals surface area contributed by atoms with Crippen LogP contribution in [0.4, 0.5) is 0 Å². The Hall–Kier alpha value is -4.44. The Kier molecular flexibility index (Phi) is 16.2. The highest BCUT2D eigenvalue weighted by Crippen LogP contribution is 2.30. The summed E-state index contributed by atoms with van der Waals surface area (Å²) in [4.78, 5) is 64.9. The SMILES string of the molecule is CN1C(=O)CCC1C(=O)O.CN1C(=O)CCC1C(=O)O.CNC(CC(=O)O)C(=O)O.COc1ccc(C)c(O)c1CO. The van der Waals surface area contributed by atoms with Gasteiger partial charge in [-0.15, -0.1) is 0 Å². The van der Waals surface area contributed by atoms with Crippen molar-refractivity contribution in [1.82, 2.24) is 15.1 Å². The number of rotatable bonds is 8. The first-order chi connectivity index (χ1) is 19.5. The van der Waals surface area contributed by atoms with Gasteiger partial charge in [-0.1, -0.05) is 6.07 Å². The van der Waals surface area contributed by atoms with Crippen LogP contribution in [-0.2, 0) is 35.4 Å². The van der Waals surface area contributed by atoms with Crippen molar-refractivity contribution in [1.29, 1.82) is 0 Å². The maximum atomic E-state index is 10.8. The lowest BCUT2D eigenvalue weighted by atomic mass is 10.1. The zero-order chi connectivity index (χ0) is 32.7. The van der Waals surface area contributed by atoms with E-state index in [-0.39, 0.29) is 24.2 Å². The Bertz CT molecular complexity index is 1080. The fourth-order valence-corrected chi connectivity index (χ4v) is 3.75. The molecule has 0 aromatic heterocycles. The number of nitrogens with one attached hydrogen (secondary N) is 1. The first-order valence-electron chi connectivity index (χ1n) is 12.6. The minimum atomic E-state index is -1.15. The number of carbonyl (C=O) groups excluding carboxylic acids is 2. The molecule has 2 saturated heterocycles. The first kappa shape index (κ1) is 37.6. The van der Waals surface area contributed by atoms with E-state index in [0.29, 0.717) is 37.0 Å². The number of likely N-dealkylation sites (tertiary alicyclic amines) is 2. The minimum Gasteiger partial charge on any atom is -0.507 e. The molecule has 0 saturated carbocycles. The summed E-state index contributed by atoms with van der Waals surface area (Å²) in [5, 5.41) is 54.2. The highest BCUT2D eigenvalue weighted by molar-refractivity contribution is 5.87. The van der Waals surface area contributed by atoms with Crippen LogP contribution in [-0.4, -0.2) is 123 Å². The lowest BCUT2D eigenvalue weighted by Gasteiger charge is -2.14. The molecule has 2 aliphatic heterocycles. The normalized spacial score (nSPS) is 18.0. The Morgan fingerprint density at radius 2 is 1.40 bits per heavy atom. The first-order valence-corrected chi connectivity index (χ1v) is 12.6. The number of phenols is 1. The quantitative estimate of drug-likeness (QED) is 0.202. The summed E-state index contributed by atoms with van der Waals surface area (Å²) in [6.07, 6.45) is 1.24. The molecule has 3 atom stereocenters. The molecule has 2 heterocycles. The van der Waals surface area contributed by atoms with Crippen molar-refractivity contribution >= 4 is 35.7 Å². The van der Waals surface area contributed by atoms with Crippen molar-refractivity contribution < 1.29 is 64.1 Å². The molecule has 2 aliphatic rings. The molecule has 0 radical (unpaired) electrons. The van der Waals surface area contributed by atoms with Gasteiger partial charge in [0, 0.05) is 26.9 Å². The van der Waals surface area contributed by atoms with E-state index in [0.717, 1.165) is 5.56 Å². The number of benzene rings is 1. The van der Waals surface area contributed by atoms with Crippen molar-refractivity contribution in [2.75, 3.05) is 28.3 Å². The number of aryl methyl sites for hydroxylation is 1. The average Bonchev–Trinajstić information content (AvgIpc) is 3.45. The molecule has 7 N–H and O–H groups in total. The molecule has 3 rings (SSSR count). The van der Waals surface area contributed by atoms with Gasteiger partial charge >= 0.3 is 23.9 Å². The number of ether oxygens (including phenoxy) is 1. The minimum absolute atomic E-state index is 0.0765. The number of aliphatic carboxylic acids is 4. The zero-order valence-electron chi connectivity index (χ0n) is 24.1. The zero-order valence-corrected chi connectivity index (χ0v) is 24.1. The fraction of sp³-hybridized carbons (Fsp3) is 0.538. The highest BCUT2D eigenvalue weighted by atomic mass is 16.5. The monoisotopic (exact) mass is 601 g/mol. The third kappa shape index (κ3) is 11.6. The van der Waals surface area contributed by atoms with Gasteiger partial charge in [0.2, 0.25) is 11.8 Å². The van der Waals surface area contributed by atoms with Crippen molar-refractivity contribution in [3.05, 3.63) is 23.3 Å². The molecule has 0 spiro atoms. The summed E-state index contributed by atoms with van der Waals surface area (Å²) < 4.78 is 4.95. The number of carbonyl (C=O) groups is 6. The summed E-state index contributed by atoms with van der Waals surface area (Å²) in [5.74, 6) is -3.62. The van der Waals surface area contributed by atoms with Gasteiger partial charge in [-0.2, -0.15) is 0 Å². The number of methoxy groups -OCH3 is 1. The number of likely N-dealkylation sites (N-methyl/N-ethyl adjacent to an activating group) is 3. The number of hydrogen-bond donors (Lipinski definition) is 7. The summed E-state index contributed by atoms with van der Waals surface area (Å²) in [6, 6.07) is 1.30. The standard InChI is InChI=1S/C9H12O3.2C6H9NO3.C5H9NO4/c1-6-3-4-8(12-2)7(5-10)9(6)11;2*1-7-4(6(9)10)2-3-5(7)8;1-6-3(5(9)10)2-4(7)8/h3-4,10-11H,5H2,1-2H3;2*4H,2-3H2,1H3,(H,9,10);3,6H,2H2,1H3,(H,7,8)(H,9,10). The molecule has 0 aliphatic carbocycles. The topological polar surface area (TPSA) is 252 Å². The number of nitrogens with zero attached hydrogens (tertiary/aromatic N) is 2. The average molecular weight is 602 g/mol. The molecule has 2 fully saturated rings. The van der Waals surface area contributed by atoms with Gasteiger partial charge in [-0.25, -0.2) is 9.59 Å². The largest absolute Gasteiger partial charge is 0.507 e. The number of carboxylic acid groups (broad SMARTS) is 4. The van der Waals surface area contributed by atoms with Crippen LogP contribution in [0.5, 0.6) is 11.5 Å². The molecular weight excluding hydrogens is 562 g/mol. The lowest BCUT2D eigenvalue weighted by Crippen LogP contribution is -2.35. The van der Waals surface area contributed by atoms with Crippen LogP contribution in [0.1, 0.15) is 43.2 Å². The van der Waals surface area contributed by atoms with Crippen LogP contribution in [0.25, 0.3) is 0 Å². The van der Waals surface area contributed by atoms with E-state index < -0.39 is 48.4 Å². The number of carboxylic acids is 4. The van der Waals surface area contributed by atoms with Gasteiger partial charge in [-0.05, 0) is 38.4 Å². The molecule has 236 valence electrons. The number of amides is 2. The number of hydrogen-bond acceptors (Lipinski definition) is 10. The van der Waals surface area contributed by atoms with Crippen molar-refractivity contribution in [3.8, 4) is 11.5 Å². The predicted molar refractivity (Wildman–Crippen MR) is 145 cm³/mol. The van der Waals surface area contributed by atoms with E-state index >= 15 is 0 Å². The number of aromatic hydroxyl groups is 1. The van der Waals surface area contributed by atoms with E-state index in [1.54, 1.807) is 19.1 Å². The van der Waals surface area contributed by atoms with E-state index in [9.17, 15) is 33.9 Å². The third-order valence-electron chi connectivity index (χ3n) is 6.40. The maximum absolute atomic E-state index is 10.8. The van der Waals surface area contributed by atoms with Crippen LogP contribution in [0.2, 0.25) is 0 Å². The Morgan fingerprint density at radius 3 is 1.62 bits per heavy atom. The van der Waals surface area contributed by atoms with Crippen LogP contribution in [0.3, 0.4) is 0 Å². The summed E-state index contributed by atoms with van der Waals surface area (Å²) in [7, 11) is 5.95. The molecule has 16 heteroatoms. The Balaban J connectivity index is 0.000000536. The van der Waals surface area contributed by atoms with Crippen LogP contribution in [0, 0.1) is 6.92 Å². The van der Waals surface area contributed by atoms with E-state index in [1.165, 1.54) is 38.1 Å². The van der Waals surface area contributed by atoms with Gasteiger partial charge in [0.05, 0.1) is 25.7 Å². The summed E-state index contributed by atoms with van der Waals surface area (Å²) in [6.45, 7) is 1.56. The predicted octanol–water partition coefficient (Wildman–Crippen LogP) is -0.281. The van der Waals surface area contributed by atoms with Gasteiger partial charge < -0.3 is 50.5 Å². The van der Waals surface area contributed by atoms with E-state index in [4.69, 9.17) is 30.3 Å². The molecule has 3 unspecified atom stereocenters. The smallest absolute Gasteiger partial charge is 0.326 e. The number of aliphatic hydroxyl groups is 1. The van der Waals surface area contributed by atoms with Gasteiger partial charge in [0.1, 0.15) is 29.6 Å². The molecule has 16 nitrogen and oxygen atoms in total. The van der Waals surface area contributed by atoms with Crippen LogP contribution >= 0.6 is 0 Å². The molecule has 42 heavy (non-hydrogen) atoms. The van der Waals surface area contributed by atoms with Crippen molar-refractivity contribution in [2.24, 2.45) is 0 Å². The summed E-state index contributed by atoms with van der Waals surface area (Å²) >= 11 is 0. The van der Waals surface area contributed by atoms with E-state index in [1.807, 2.05) is 0 Å². The second-order valence-electron chi connectivity index (χ2n) is 9.14. The van der Waals surface area contributed by atoms with Crippen LogP contribution < -0.4 is 10.1 Å². The second-order valence-corrected chi connectivity index (χ2v) is 9.14. The molecule has 1 aromatic carbocycles. The van der Waals surface area contributed by atoms with Gasteiger partial charge in [-0.3, -0.25) is 19.2 Å². The Morgan fingerprint density at radius 1 is 0.952 bits per heavy atom. The fourth-order valence-electron chi connectivity index (χ4n) is 3.75. The van der Waals surface area contributed by atoms with Crippen molar-refractivity contribution in [2.45, 2.75) is 63.8 Å².